The van der Waals surface area contributed by atoms with E-state index in [1.54, 1.807) is 12.1 Å². The van der Waals surface area contributed by atoms with E-state index in [4.69, 9.17) is 4.74 Å². The van der Waals surface area contributed by atoms with E-state index >= 15 is 0 Å². The van der Waals surface area contributed by atoms with E-state index in [1.165, 1.54) is 18.6 Å². The Bertz CT molecular complexity index is 759. The third-order valence-corrected chi connectivity index (χ3v) is 4.79. The summed E-state index contributed by atoms with van der Waals surface area (Å²) in [5.41, 5.74) is 1.37. The number of rotatable bonds is 7. The van der Waals surface area contributed by atoms with Crippen LogP contribution < -0.4 is 10.1 Å². The maximum atomic E-state index is 13.5. The number of hydrogen-bond acceptors (Lipinski definition) is 3. The van der Waals surface area contributed by atoms with Crippen molar-refractivity contribution in [2.45, 2.75) is 31.4 Å². The van der Waals surface area contributed by atoms with Gasteiger partial charge in [0.2, 0.25) is 0 Å². The highest BCUT2D eigenvalue weighted by Gasteiger charge is 2.22. The molecule has 3 rings (SSSR count). The molecule has 26 heavy (non-hydrogen) atoms. The van der Waals surface area contributed by atoms with Crippen LogP contribution in [0.4, 0.5) is 4.39 Å². The molecule has 1 amide bonds. The first-order valence-electron chi connectivity index (χ1n) is 9.00. The second-order valence-electron chi connectivity index (χ2n) is 6.91. The minimum absolute atomic E-state index is 0.116. The van der Waals surface area contributed by atoms with Gasteiger partial charge in [-0.05, 0) is 63.2 Å². The van der Waals surface area contributed by atoms with Crippen LogP contribution in [-0.2, 0) is 0 Å². The Labute approximate surface area is 154 Å². The normalized spacial score (nSPS) is 15.4. The molecule has 0 spiro atoms. The molecule has 1 unspecified atom stereocenters. The van der Waals surface area contributed by atoms with Crippen molar-refractivity contribution in [1.82, 2.24) is 10.2 Å². The maximum absolute atomic E-state index is 13.5. The highest BCUT2D eigenvalue weighted by molar-refractivity contribution is 5.96. The third-order valence-electron chi connectivity index (χ3n) is 4.79. The number of ether oxygens (including phenoxy) is 1. The molecule has 1 aliphatic carbocycles. The lowest BCUT2D eigenvalue weighted by molar-refractivity contribution is 0.0917. The van der Waals surface area contributed by atoms with Crippen molar-refractivity contribution in [3.8, 4) is 5.75 Å². The predicted molar refractivity (Wildman–Crippen MR) is 99.9 cm³/mol. The molecule has 0 heterocycles. The summed E-state index contributed by atoms with van der Waals surface area (Å²) >= 11 is 0. The van der Waals surface area contributed by atoms with Crippen molar-refractivity contribution < 1.29 is 13.9 Å². The van der Waals surface area contributed by atoms with Gasteiger partial charge in [-0.25, -0.2) is 4.39 Å². The maximum Gasteiger partial charge on any atom is 0.255 e. The summed E-state index contributed by atoms with van der Waals surface area (Å²) < 4.78 is 19.5. The number of amides is 1. The van der Waals surface area contributed by atoms with Crippen molar-refractivity contribution in [3.63, 3.8) is 0 Å². The molecule has 4 nitrogen and oxygen atoms in total. The lowest BCUT2D eigenvalue weighted by Gasteiger charge is -2.28. The monoisotopic (exact) mass is 356 g/mol. The van der Waals surface area contributed by atoms with Crippen LogP contribution in [0.25, 0.3) is 0 Å². The van der Waals surface area contributed by atoms with Crippen LogP contribution in [0, 0.1) is 5.82 Å². The number of nitrogens with one attached hydrogen (secondary N) is 1. The zero-order valence-electron chi connectivity index (χ0n) is 15.2. The van der Waals surface area contributed by atoms with Gasteiger partial charge in [-0.15, -0.1) is 0 Å². The van der Waals surface area contributed by atoms with E-state index < -0.39 is 0 Å². The standard InChI is InChI=1S/C21H25FN2O2/c1-24(2)19(15-7-5-8-16(22)13-15)14-23-21(25)18-11-3-4-12-20(18)26-17-9-6-10-17/h3-5,7-8,11-13,17,19H,6,9-10,14H2,1-2H3,(H,23,25). The smallest absolute Gasteiger partial charge is 0.255 e. The van der Waals surface area contributed by atoms with Crippen molar-refractivity contribution >= 4 is 5.91 Å². The van der Waals surface area contributed by atoms with Gasteiger partial charge in [-0.1, -0.05) is 24.3 Å². The molecule has 2 aromatic rings. The molecule has 1 N–H and O–H groups in total. The molecule has 1 atom stereocenters. The SMILES string of the molecule is CN(C)C(CNC(=O)c1ccccc1OC1CCC1)c1cccc(F)c1. The summed E-state index contributed by atoms with van der Waals surface area (Å²) in [7, 11) is 3.82. The quantitative estimate of drug-likeness (QED) is 0.821. The Balaban J connectivity index is 1.69. The summed E-state index contributed by atoms with van der Waals surface area (Å²) in [5, 5.41) is 2.96. The number of nitrogens with zero attached hydrogens (tertiary/aromatic N) is 1. The molecule has 2 aromatic carbocycles. The summed E-state index contributed by atoms with van der Waals surface area (Å²) in [4.78, 5) is 14.7. The zero-order chi connectivity index (χ0) is 18.5. The fourth-order valence-corrected chi connectivity index (χ4v) is 3.02. The molecular formula is C21H25FN2O2. The predicted octanol–water partition coefficient (Wildman–Crippen LogP) is 3.79. The van der Waals surface area contributed by atoms with Gasteiger partial charge in [0.15, 0.2) is 0 Å². The molecule has 1 saturated carbocycles. The number of hydrogen-bond donors (Lipinski definition) is 1. The average molecular weight is 356 g/mol. The summed E-state index contributed by atoms with van der Waals surface area (Å²) in [6, 6.07) is 13.7. The Hall–Kier alpha value is -2.40. The van der Waals surface area contributed by atoms with Gasteiger partial charge in [0, 0.05) is 6.54 Å². The van der Waals surface area contributed by atoms with Crippen LogP contribution in [0.5, 0.6) is 5.75 Å². The average Bonchev–Trinajstić information content (AvgIpc) is 2.58. The van der Waals surface area contributed by atoms with E-state index in [9.17, 15) is 9.18 Å². The number of benzene rings is 2. The van der Waals surface area contributed by atoms with Crippen molar-refractivity contribution in [3.05, 3.63) is 65.5 Å². The first-order chi connectivity index (χ1) is 12.5. The van der Waals surface area contributed by atoms with Crippen LogP contribution in [0.1, 0.15) is 41.2 Å². The molecule has 0 aromatic heterocycles. The minimum Gasteiger partial charge on any atom is -0.490 e. The molecule has 0 aliphatic heterocycles. The molecular weight excluding hydrogens is 331 g/mol. The summed E-state index contributed by atoms with van der Waals surface area (Å²) in [6.07, 6.45) is 3.47. The van der Waals surface area contributed by atoms with Crippen LogP contribution in [0.2, 0.25) is 0 Å². The zero-order valence-corrected chi connectivity index (χ0v) is 15.2. The second-order valence-corrected chi connectivity index (χ2v) is 6.91. The number of halogens is 1. The number of para-hydroxylation sites is 1. The lowest BCUT2D eigenvalue weighted by Crippen LogP contribution is -2.35. The van der Waals surface area contributed by atoms with Gasteiger partial charge >= 0.3 is 0 Å². The molecule has 0 bridgehead atoms. The number of carbonyl (C=O) groups is 1. The summed E-state index contributed by atoms with van der Waals surface area (Å²) in [5.74, 6) is 0.171. The van der Waals surface area contributed by atoms with E-state index in [-0.39, 0.29) is 23.9 Å². The Morgan fingerprint density at radius 1 is 1.23 bits per heavy atom. The van der Waals surface area contributed by atoms with Crippen molar-refractivity contribution in [1.29, 1.82) is 0 Å². The lowest BCUT2D eigenvalue weighted by atomic mass is 9.96. The van der Waals surface area contributed by atoms with Gasteiger partial charge in [0.05, 0.1) is 17.7 Å². The van der Waals surface area contributed by atoms with Crippen LogP contribution in [0.3, 0.4) is 0 Å². The molecule has 0 radical (unpaired) electrons. The Morgan fingerprint density at radius 3 is 2.65 bits per heavy atom. The van der Waals surface area contributed by atoms with Crippen LogP contribution >= 0.6 is 0 Å². The Kier molecular flexibility index (Phi) is 5.89. The van der Waals surface area contributed by atoms with E-state index in [0.29, 0.717) is 17.9 Å². The fraction of sp³-hybridized carbons (Fsp3) is 0.381. The van der Waals surface area contributed by atoms with E-state index in [1.807, 2.05) is 43.3 Å². The van der Waals surface area contributed by atoms with Gasteiger partial charge in [0.1, 0.15) is 11.6 Å². The highest BCUT2D eigenvalue weighted by atomic mass is 19.1. The fourth-order valence-electron chi connectivity index (χ4n) is 3.02. The van der Waals surface area contributed by atoms with Crippen LogP contribution in [0.15, 0.2) is 48.5 Å². The topological polar surface area (TPSA) is 41.6 Å². The molecule has 138 valence electrons. The van der Waals surface area contributed by atoms with E-state index in [0.717, 1.165) is 18.4 Å². The van der Waals surface area contributed by atoms with Crippen molar-refractivity contribution in [2.24, 2.45) is 0 Å². The number of likely N-dealkylation sites (N-methyl/N-ethyl adjacent to an activating group) is 1. The number of carbonyl (C=O) groups excluding carboxylic acids is 1. The van der Waals surface area contributed by atoms with Gasteiger partial charge in [-0.2, -0.15) is 0 Å². The molecule has 5 heteroatoms. The third kappa shape index (κ3) is 4.41. The van der Waals surface area contributed by atoms with Crippen LogP contribution in [-0.4, -0.2) is 37.6 Å². The van der Waals surface area contributed by atoms with Gasteiger partial charge < -0.3 is 15.0 Å². The Morgan fingerprint density at radius 2 is 2.00 bits per heavy atom. The van der Waals surface area contributed by atoms with Gasteiger partial charge in [0.25, 0.3) is 5.91 Å². The summed E-state index contributed by atoms with van der Waals surface area (Å²) in [6.45, 7) is 0.382. The minimum atomic E-state index is -0.278. The first kappa shape index (κ1) is 18.4. The first-order valence-corrected chi connectivity index (χ1v) is 9.00. The molecule has 1 aliphatic rings. The highest BCUT2D eigenvalue weighted by Crippen LogP contribution is 2.27. The second kappa shape index (κ2) is 8.32. The molecule has 1 fully saturated rings. The molecule has 0 saturated heterocycles. The largest absolute Gasteiger partial charge is 0.490 e. The van der Waals surface area contributed by atoms with E-state index in [2.05, 4.69) is 5.32 Å². The van der Waals surface area contributed by atoms with Gasteiger partial charge in [-0.3, -0.25) is 4.79 Å². The van der Waals surface area contributed by atoms with Crippen molar-refractivity contribution in [2.75, 3.05) is 20.6 Å².